The minimum absolute atomic E-state index is 0.868. The van der Waals surface area contributed by atoms with Gasteiger partial charge in [-0.15, -0.1) is 0 Å². The van der Waals surface area contributed by atoms with Crippen LogP contribution in [0.1, 0.15) is 0 Å². The van der Waals surface area contributed by atoms with Crippen molar-refractivity contribution in [1.82, 2.24) is 19.9 Å². The van der Waals surface area contributed by atoms with Crippen molar-refractivity contribution in [2.45, 2.75) is 0 Å². The summed E-state index contributed by atoms with van der Waals surface area (Å²) in [5.74, 6) is 0. The highest BCUT2D eigenvalue weighted by Gasteiger charge is 2.16. The highest BCUT2D eigenvalue weighted by molar-refractivity contribution is 6.19. The SMILES string of the molecule is c1ccc(-c2ccc3ccc(-c4ccc(-c5ccc6ccc7c(-c8cccc9ccccc89)c8ccccc8nc7c6n5)cc4)cc3n2)nc1. The lowest BCUT2D eigenvalue weighted by Gasteiger charge is -2.15. The van der Waals surface area contributed by atoms with Gasteiger partial charge < -0.3 is 0 Å². The first-order chi connectivity index (χ1) is 24.8. The van der Waals surface area contributed by atoms with E-state index in [0.29, 0.717) is 0 Å². The van der Waals surface area contributed by atoms with Gasteiger partial charge in [0.05, 0.1) is 39.1 Å². The standard InChI is InChI=1S/C46H28N4/c1-2-10-35-30(8-1)9-7-12-36(35)44-37-11-3-4-13-40(37)50-46-38(44)24-21-33-23-25-39(49-45(33)46)31-17-15-29(16-18-31)34-20-19-32-22-26-42(48-43(32)28-34)41-14-5-6-27-47-41/h1-28H. The Hall–Kier alpha value is -6.78. The van der Waals surface area contributed by atoms with Crippen molar-refractivity contribution in [2.24, 2.45) is 0 Å². The number of para-hydroxylation sites is 1. The third kappa shape index (κ3) is 4.69. The van der Waals surface area contributed by atoms with E-state index in [4.69, 9.17) is 15.0 Å². The summed E-state index contributed by atoms with van der Waals surface area (Å²) in [6.45, 7) is 0. The molecule has 50 heavy (non-hydrogen) atoms. The molecule has 0 spiro atoms. The number of rotatable bonds is 4. The predicted octanol–water partition coefficient (Wildman–Crippen LogP) is 11.7. The van der Waals surface area contributed by atoms with E-state index in [1.807, 2.05) is 24.3 Å². The molecule has 0 aliphatic heterocycles. The molecule has 10 aromatic rings. The van der Waals surface area contributed by atoms with Gasteiger partial charge in [-0.2, -0.15) is 0 Å². The minimum Gasteiger partial charge on any atom is -0.255 e. The van der Waals surface area contributed by atoms with Crippen LogP contribution in [0.25, 0.3) is 99.3 Å². The summed E-state index contributed by atoms with van der Waals surface area (Å²) in [7, 11) is 0. The largest absolute Gasteiger partial charge is 0.255 e. The Bertz CT molecular complexity index is 2910. The Kier molecular flexibility index (Phi) is 6.46. The zero-order valence-corrected chi connectivity index (χ0v) is 27.0. The van der Waals surface area contributed by atoms with Crippen molar-refractivity contribution in [3.63, 3.8) is 0 Å². The first-order valence-electron chi connectivity index (χ1n) is 16.8. The van der Waals surface area contributed by atoms with E-state index in [1.54, 1.807) is 6.20 Å². The smallest absolute Gasteiger partial charge is 0.0978 e. The van der Waals surface area contributed by atoms with Crippen LogP contribution in [-0.4, -0.2) is 19.9 Å². The minimum atomic E-state index is 0.868. The van der Waals surface area contributed by atoms with Gasteiger partial charge in [0, 0.05) is 38.9 Å². The highest BCUT2D eigenvalue weighted by Crippen LogP contribution is 2.40. The normalized spacial score (nSPS) is 11.6. The van der Waals surface area contributed by atoms with Crippen LogP contribution in [0.2, 0.25) is 0 Å². The Morgan fingerprint density at radius 3 is 1.96 bits per heavy atom. The summed E-state index contributed by atoms with van der Waals surface area (Å²) in [5, 5.41) is 6.85. The van der Waals surface area contributed by atoms with Gasteiger partial charge in [-0.05, 0) is 63.9 Å². The summed E-state index contributed by atoms with van der Waals surface area (Å²) >= 11 is 0. The highest BCUT2D eigenvalue weighted by atomic mass is 14.8. The lowest BCUT2D eigenvalue weighted by Crippen LogP contribution is -1.93. The number of pyridine rings is 4. The molecule has 0 amide bonds. The molecule has 232 valence electrons. The first-order valence-corrected chi connectivity index (χ1v) is 16.8. The topological polar surface area (TPSA) is 51.6 Å². The van der Waals surface area contributed by atoms with Crippen molar-refractivity contribution in [2.75, 3.05) is 0 Å². The second-order valence-electron chi connectivity index (χ2n) is 12.7. The maximum absolute atomic E-state index is 5.28. The van der Waals surface area contributed by atoms with Gasteiger partial charge >= 0.3 is 0 Å². The number of aromatic nitrogens is 4. The third-order valence-electron chi connectivity index (χ3n) is 9.70. The maximum Gasteiger partial charge on any atom is 0.0978 e. The average molecular weight is 637 g/mol. The van der Waals surface area contributed by atoms with Crippen molar-refractivity contribution in [3.05, 3.63) is 170 Å². The van der Waals surface area contributed by atoms with Crippen LogP contribution < -0.4 is 0 Å². The van der Waals surface area contributed by atoms with Crippen molar-refractivity contribution in [1.29, 1.82) is 0 Å². The lowest BCUT2D eigenvalue weighted by atomic mass is 9.91. The molecule has 0 saturated heterocycles. The Morgan fingerprint density at radius 1 is 0.340 bits per heavy atom. The van der Waals surface area contributed by atoms with E-state index >= 15 is 0 Å². The fourth-order valence-electron chi connectivity index (χ4n) is 7.22. The van der Waals surface area contributed by atoms with Gasteiger partial charge in [0.15, 0.2) is 0 Å². The van der Waals surface area contributed by atoms with Crippen molar-refractivity contribution in [3.8, 4) is 44.9 Å². The quantitative estimate of drug-likeness (QED) is 0.142. The molecule has 0 N–H and O–H groups in total. The predicted molar refractivity (Wildman–Crippen MR) is 207 cm³/mol. The second-order valence-corrected chi connectivity index (χ2v) is 12.7. The van der Waals surface area contributed by atoms with Crippen LogP contribution in [0.5, 0.6) is 0 Å². The van der Waals surface area contributed by atoms with Crippen molar-refractivity contribution < 1.29 is 0 Å². The van der Waals surface area contributed by atoms with E-state index in [-0.39, 0.29) is 0 Å². The molecule has 4 nitrogen and oxygen atoms in total. The van der Waals surface area contributed by atoms with E-state index in [1.165, 1.54) is 21.9 Å². The zero-order valence-electron chi connectivity index (χ0n) is 27.0. The number of nitrogens with zero attached hydrogens (tertiary/aromatic N) is 4. The maximum atomic E-state index is 5.28. The molecule has 0 fully saturated rings. The molecule has 0 bridgehead atoms. The summed E-state index contributed by atoms with van der Waals surface area (Å²) in [4.78, 5) is 19.9. The van der Waals surface area contributed by atoms with Crippen LogP contribution in [0.3, 0.4) is 0 Å². The molecule has 6 aromatic carbocycles. The number of fused-ring (bicyclic) bond motifs is 6. The summed E-state index contributed by atoms with van der Waals surface area (Å²) in [6, 6.07) is 57.3. The van der Waals surface area contributed by atoms with Crippen molar-refractivity contribution >= 4 is 54.4 Å². The van der Waals surface area contributed by atoms with Crippen LogP contribution in [-0.2, 0) is 0 Å². The molecule has 4 aromatic heterocycles. The average Bonchev–Trinajstić information content (AvgIpc) is 3.19. The van der Waals surface area contributed by atoms with Crippen LogP contribution in [0.15, 0.2) is 170 Å². The van der Waals surface area contributed by atoms with Crippen LogP contribution in [0.4, 0.5) is 0 Å². The van der Waals surface area contributed by atoms with E-state index in [2.05, 4.69) is 145 Å². The van der Waals surface area contributed by atoms with Gasteiger partial charge in [-0.3, -0.25) is 4.98 Å². The number of benzene rings is 6. The van der Waals surface area contributed by atoms with Crippen LogP contribution in [0, 0.1) is 0 Å². The monoisotopic (exact) mass is 636 g/mol. The van der Waals surface area contributed by atoms with Gasteiger partial charge in [-0.1, -0.05) is 127 Å². The fourth-order valence-corrected chi connectivity index (χ4v) is 7.22. The second kappa shape index (κ2) is 11.4. The molecule has 10 rings (SSSR count). The lowest BCUT2D eigenvalue weighted by molar-refractivity contribution is 1.28. The fraction of sp³-hybridized carbons (Fsp3) is 0. The van der Waals surface area contributed by atoms with E-state index < -0.39 is 0 Å². The van der Waals surface area contributed by atoms with Gasteiger partial charge in [-0.25, -0.2) is 15.0 Å². The van der Waals surface area contributed by atoms with E-state index in [0.717, 1.165) is 77.4 Å². The van der Waals surface area contributed by atoms with Crippen LogP contribution >= 0.6 is 0 Å². The summed E-state index contributed by atoms with van der Waals surface area (Å²) in [5.41, 5.74) is 12.1. The molecule has 4 heterocycles. The Balaban J connectivity index is 1.08. The Labute approximate surface area is 288 Å². The molecule has 0 aliphatic rings. The molecule has 0 radical (unpaired) electrons. The zero-order chi connectivity index (χ0) is 33.0. The Morgan fingerprint density at radius 2 is 1.06 bits per heavy atom. The van der Waals surface area contributed by atoms with Gasteiger partial charge in [0.2, 0.25) is 0 Å². The number of hydrogen-bond acceptors (Lipinski definition) is 4. The molecule has 0 aliphatic carbocycles. The van der Waals surface area contributed by atoms with Gasteiger partial charge in [0.1, 0.15) is 0 Å². The molecular weight excluding hydrogens is 609 g/mol. The molecule has 0 saturated carbocycles. The molecular formula is C46H28N4. The molecule has 4 heteroatoms. The third-order valence-corrected chi connectivity index (χ3v) is 9.70. The summed E-state index contributed by atoms with van der Waals surface area (Å²) < 4.78 is 0. The molecule has 0 atom stereocenters. The summed E-state index contributed by atoms with van der Waals surface area (Å²) in [6.07, 6.45) is 1.80. The first kappa shape index (κ1) is 28.3. The molecule has 0 unspecified atom stereocenters. The van der Waals surface area contributed by atoms with Gasteiger partial charge in [0.25, 0.3) is 0 Å². The number of hydrogen-bond donors (Lipinski definition) is 0. The van der Waals surface area contributed by atoms with E-state index in [9.17, 15) is 0 Å².